The summed E-state index contributed by atoms with van der Waals surface area (Å²) in [6.07, 6.45) is 3.03. The molecule has 0 fully saturated rings. The van der Waals surface area contributed by atoms with Crippen molar-refractivity contribution in [3.05, 3.63) is 70.7 Å². The van der Waals surface area contributed by atoms with Crippen molar-refractivity contribution >= 4 is 23.2 Å². The lowest BCUT2D eigenvalue weighted by molar-refractivity contribution is 0.457. The zero-order chi connectivity index (χ0) is 16.9. The van der Waals surface area contributed by atoms with Crippen LogP contribution in [0.1, 0.15) is 5.56 Å². The van der Waals surface area contributed by atoms with Crippen LogP contribution in [0, 0.1) is 11.3 Å². The van der Waals surface area contributed by atoms with Gasteiger partial charge in [-0.25, -0.2) is 9.97 Å². The molecule has 0 amide bonds. The Labute approximate surface area is 148 Å². The first-order chi connectivity index (χ1) is 11.7. The lowest BCUT2D eigenvalue weighted by Gasteiger charge is -2.12. The zero-order valence-electron chi connectivity index (χ0n) is 12.1. The third-order valence-electron chi connectivity index (χ3n) is 2.95. The quantitative estimate of drug-likeness (QED) is 0.597. The van der Waals surface area contributed by atoms with Gasteiger partial charge in [-0.05, 0) is 24.3 Å². The van der Waals surface area contributed by atoms with Crippen molar-refractivity contribution in [3.8, 4) is 29.1 Å². The second-order valence-corrected chi connectivity index (χ2v) is 5.35. The Morgan fingerprint density at radius 2 is 1.33 bits per heavy atom. The van der Waals surface area contributed by atoms with Gasteiger partial charge in [0.15, 0.2) is 0 Å². The van der Waals surface area contributed by atoms with E-state index in [9.17, 15) is 5.26 Å². The molecule has 0 bridgehead atoms. The SMILES string of the molecule is N#Cc1c(Oc2ccnc(Cl)c2)cccc1Oc1ccnc(Cl)c1. The van der Waals surface area contributed by atoms with Crippen LogP contribution in [-0.4, -0.2) is 9.97 Å². The van der Waals surface area contributed by atoms with E-state index in [1.165, 1.54) is 12.4 Å². The highest BCUT2D eigenvalue weighted by Gasteiger charge is 2.13. The number of nitrogens with zero attached hydrogens (tertiary/aromatic N) is 3. The summed E-state index contributed by atoms with van der Waals surface area (Å²) in [5.74, 6) is 1.63. The molecule has 0 aliphatic rings. The molecule has 0 aliphatic heterocycles. The Morgan fingerprint density at radius 3 is 1.75 bits per heavy atom. The van der Waals surface area contributed by atoms with E-state index < -0.39 is 0 Å². The lowest BCUT2D eigenvalue weighted by Crippen LogP contribution is -1.93. The van der Waals surface area contributed by atoms with Gasteiger partial charge in [0.05, 0.1) is 0 Å². The molecule has 5 nitrogen and oxygen atoms in total. The molecule has 0 saturated carbocycles. The molecule has 0 saturated heterocycles. The number of pyridine rings is 2. The molecule has 0 N–H and O–H groups in total. The average Bonchev–Trinajstić information content (AvgIpc) is 2.55. The predicted octanol–water partition coefficient (Wildman–Crippen LogP) is 5.24. The van der Waals surface area contributed by atoms with Crippen LogP contribution in [0.2, 0.25) is 10.3 Å². The van der Waals surface area contributed by atoms with E-state index in [4.69, 9.17) is 32.7 Å². The molecule has 7 heteroatoms. The van der Waals surface area contributed by atoms with Crippen molar-refractivity contribution in [2.75, 3.05) is 0 Å². The second-order valence-electron chi connectivity index (χ2n) is 4.57. The average molecular weight is 358 g/mol. The van der Waals surface area contributed by atoms with E-state index in [2.05, 4.69) is 16.0 Å². The van der Waals surface area contributed by atoms with Crippen molar-refractivity contribution in [2.24, 2.45) is 0 Å². The number of aromatic nitrogens is 2. The van der Waals surface area contributed by atoms with Crippen LogP contribution in [0.25, 0.3) is 0 Å². The second kappa shape index (κ2) is 7.18. The molecule has 2 heterocycles. The molecule has 0 atom stereocenters. The van der Waals surface area contributed by atoms with E-state index in [1.54, 1.807) is 42.5 Å². The van der Waals surface area contributed by atoms with Gasteiger partial charge >= 0.3 is 0 Å². The third-order valence-corrected chi connectivity index (χ3v) is 3.36. The zero-order valence-corrected chi connectivity index (χ0v) is 13.6. The maximum atomic E-state index is 9.48. The number of benzene rings is 1. The summed E-state index contributed by atoms with van der Waals surface area (Å²) in [4.78, 5) is 7.77. The van der Waals surface area contributed by atoms with Crippen LogP contribution in [0.3, 0.4) is 0 Å². The molecule has 0 unspecified atom stereocenters. The van der Waals surface area contributed by atoms with Gasteiger partial charge in [0.25, 0.3) is 0 Å². The molecule has 3 aromatic rings. The maximum absolute atomic E-state index is 9.48. The highest BCUT2D eigenvalue weighted by molar-refractivity contribution is 6.29. The number of rotatable bonds is 4. The standard InChI is InChI=1S/C17H9Cl2N3O2/c18-16-8-11(4-6-21-16)23-14-2-1-3-15(13(14)10-20)24-12-5-7-22-17(19)9-12/h1-9H. The predicted molar refractivity (Wildman–Crippen MR) is 89.8 cm³/mol. The highest BCUT2D eigenvalue weighted by Crippen LogP contribution is 2.34. The minimum absolute atomic E-state index is 0.248. The molecular weight excluding hydrogens is 349 g/mol. The van der Waals surface area contributed by atoms with Crippen molar-refractivity contribution in [1.82, 2.24) is 9.97 Å². The van der Waals surface area contributed by atoms with E-state index in [0.717, 1.165) is 0 Å². The van der Waals surface area contributed by atoms with Crippen molar-refractivity contribution < 1.29 is 9.47 Å². The van der Waals surface area contributed by atoms with Gasteiger partial charge in [-0.2, -0.15) is 5.26 Å². The Kier molecular flexibility index (Phi) is 4.80. The maximum Gasteiger partial charge on any atom is 0.149 e. The summed E-state index contributed by atoms with van der Waals surface area (Å²) in [7, 11) is 0. The van der Waals surface area contributed by atoms with Crippen LogP contribution in [-0.2, 0) is 0 Å². The fourth-order valence-electron chi connectivity index (χ4n) is 1.94. The summed E-state index contributed by atoms with van der Waals surface area (Å²) in [5, 5.41) is 10.1. The third kappa shape index (κ3) is 3.74. The number of halogens is 2. The van der Waals surface area contributed by atoms with Crippen molar-refractivity contribution in [2.45, 2.75) is 0 Å². The first kappa shape index (κ1) is 16.1. The van der Waals surface area contributed by atoms with Gasteiger partial charge in [0, 0.05) is 24.5 Å². The molecule has 0 spiro atoms. The Balaban J connectivity index is 1.93. The molecule has 0 aliphatic carbocycles. The van der Waals surface area contributed by atoms with E-state index >= 15 is 0 Å². The summed E-state index contributed by atoms with van der Waals surface area (Å²) in [5.41, 5.74) is 0.248. The summed E-state index contributed by atoms with van der Waals surface area (Å²) in [6.45, 7) is 0. The van der Waals surface area contributed by atoms with Gasteiger partial charge in [-0.3, -0.25) is 0 Å². The van der Waals surface area contributed by atoms with Crippen molar-refractivity contribution in [1.29, 1.82) is 5.26 Å². The van der Waals surface area contributed by atoms with Gasteiger partial charge in [-0.15, -0.1) is 0 Å². The monoisotopic (exact) mass is 357 g/mol. The molecule has 118 valence electrons. The first-order valence-corrected chi connectivity index (χ1v) is 7.53. The van der Waals surface area contributed by atoms with Crippen LogP contribution >= 0.6 is 23.2 Å². The van der Waals surface area contributed by atoms with Gasteiger partial charge in [0.1, 0.15) is 44.9 Å². The summed E-state index contributed by atoms with van der Waals surface area (Å²) >= 11 is 11.7. The lowest BCUT2D eigenvalue weighted by atomic mass is 10.2. The Bertz CT molecular complexity index is 860. The fraction of sp³-hybridized carbons (Fsp3) is 0. The molecule has 24 heavy (non-hydrogen) atoms. The molecule has 2 aromatic heterocycles. The number of hydrogen-bond donors (Lipinski definition) is 0. The van der Waals surface area contributed by atoms with Gasteiger partial charge in [-0.1, -0.05) is 29.3 Å². The van der Waals surface area contributed by atoms with Crippen LogP contribution < -0.4 is 9.47 Å². The Morgan fingerprint density at radius 1 is 0.833 bits per heavy atom. The number of hydrogen-bond acceptors (Lipinski definition) is 5. The van der Waals surface area contributed by atoms with Gasteiger partial charge < -0.3 is 9.47 Å². The van der Waals surface area contributed by atoms with Crippen LogP contribution in [0.5, 0.6) is 23.0 Å². The summed E-state index contributed by atoms with van der Waals surface area (Å²) < 4.78 is 11.4. The van der Waals surface area contributed by atoms with Crippen LogP contribution in [0.4, 0.5) is 0 Å². The number of nitriles is 1. The largest absolute Gasteiger partial charge is 0.456 e. The first-order valence-electron chi connectivity index (χ1n) is 6.77. The number of ether oxygens (including phenoxy) is 2. The normalized spacial score (nSPS) is 10.0. The molecular formula is C17H9Cl2N3O2. The highest BCUT2D eigenvalue weighted by atomic mass is 35.5. The van der Waals surface area contributed by atoms with E-state index in [-0.39, 0.29) is 5.56 Å². The van der Waals surface area contributed by atoms with Gasteiger partial charge in [0.2, 0.25) is 0 Å². The topological polar surface area (TPSA) is 68.0 Å². The minimum Gasteiger partial charge on any atom is -0.456 e. The minimum atomic E-state index is 0.248. The fourth-order valence-corrected chi connectivity index (χ4v) is 2.27. The molecule has 1 aromatic carbocycles. The van der Waals surface area contributed by atoms with E-state index in [1.807, 2.05) is 0 Å². The smallest absolute Gasteiger partial charge is 0.149 e. The Hall–Kier alpha value is -2.81. The molecule has 0 radical (unpaired) electrons. The van der Waals surface area contributed by atoms with Crippen molar-refractivity contribution in [3.63, 3.8) is 0 Å². The van der Waals surface area contributed by atoms with E-state index in [0.29, 0.717) is 33.3 Å². The molecule has 3 rings (SSSR count). The summed E-state index contributed by atoms with van der Waals surface area (Å²) in [6, 6.07) is 13.5. The van der Waals surface area contributed by atoms with Crippen LogP contribution in [0.15, 0.2) is 54.9 Å².